The number of amides is 1. The highest BCUT2D eigenvalue weighted by Gasteiger charge is 2.34. The first-order chi connectivity index (χ1) is 7.81. The summed E-state index contributed by atoms with van der Waals surface area (Å²) in [5, 5.41) is 2.74. The topological polar surface area (TPSA) is 64.6 Å². The fourth-order valence-electron chi connectivity index (χ4n) is 1.56. The van der Waals surface area contributed by atoms with Gasteiger partial charge in [0.25, 0.3) is 0 Å². The SMILES string of the molecule is COC(=O)C[C@H](NC(=O)OC(C)(C)C)C1CC1. The highest BCUT2D eigenvalue weighted by molar-refractivity contribution is 5.73. The molecule has 1 amide bonds. The number of esters is 1. The van der Waals surface area contributed by atoms with E-state index in [9.17, 15) is 9.59 Å². The number of rotatable bonds is 4. The van der Waals surface area contributed by atoms with Gasteiger partial charge in [-0.3, -0.25) is 4.79 Å². The number of hydrogen-bond acceptors (Lipinski definition) is 4. The molecule has 0 unspecified atom stereocenters. The van der Waals surface area contributed by atoms with Gasteiger partial charge in [0.05, 0.1) is 13.5 Å². The predicted octanol–water partition coefficient (Wildman–Crippen LogP) is 1.85. The van der Waals surface area contributed by atoms with Crippen LogP contribution in [0.2, 0.25) is 0 Å². The molecule has 0 aromatic heterocycles. The summed E-state index contributed by atoms with van der Waals surface area (Å²) in [4.78, 5) is 22.8. The van der Waals surface area contributed by atoms with E-state index in [0.717, 1.165) is 12.8 Å². The maximum Gasteiger partial charge on any atom is 0.407 e. The number of methoxy groups -OCH3 is 1. The van der Waals surface area contributed by atoms with Crippen LogP contribution in [0.4, 0.5) is 4.79 Å². The van der Waals surface area contributed by atoms with E-state index in [2.05, 4.69) is 10.1 Å². The molecule has 0 aromatic rings. The summed E-state index contributed by atoms with van der Waals surface area (Å²) in [5.41, 5.74) is -0.524. The van der Waals surface area contributed by atoms with Gasteiger partial charge < -0.3 is 14.8 Å². The number of hydrogen-bond donors (Lipinski definition) is 1. The smallest absolute Gasteiger partial charge is 0.407 e. The van der Waals surface area contributed by atoms with Crippen LogP contribution < -0.4 is 5.32 Å². The lowest BCUT2D eigenvalue weighted by atomic mass is 10.1. The third kappa shape index (κ3) is 5.56. The zero-order valence-electron chi connectivity index (χ0n) is 10.9. The van der Waals surface area contributed by atoms with Crippen LogP contribution in [0.3, 0.4) is 0 Å². The van der Waals surface area contributed by atoms with Crippen molar-refractivity contribution in [3.05, 3.63) is 0 Å². The van der Waals surface area contributed by atoms with Crippen molar-refractivity contribution in [2.45, 2.75) is 51.7 Å². The molecule has 0 aliphatic heterocycles. The van der Waals surface area contributed by atoms with Crippen molar-refractivity contribution in [3.63, 3.8) is 0 Å². The number of carbonyl (C=O) groups is 2. The Kier molecular flexibility index (Phi) is 4.37. The van der Waals surface area contributed by atoms with Crippen LogP contribution in [0.25, 0.3) is 0 Å². The molecule has 1 fully saturated rings. The van der Waals surface area contributed by atoms with Gasteiger partial charge in [0, 0.05) is 6.04 Å². The lowest BCUT2D eigenvalue weighted by molar-refractivity contribution is -0.141. The number of nitrogens with one attached hydrogen (secondary N) is 1. The molecule has 1 N–H and O–H groups in total. The summed E-state index contributed by atoms with van der Waals surface area (Å²) in [6.07, 6.45) is 1.81. The van der Waals surface area contributed by atoms with Gasteiger partial charge in [-0.2, -0.15) is 0 Å². The average molecular weight is 243 g/mol. The van der Waals surface area contributed by atoms with E-state index in [4.69, 9.17) is 4.74 Å². The Balaban J connectivity index is 2.44. The van der Waals surface area contributed by atoms with E-state index in [1.807, 2.05) is 0 Å². The molecule has 1 saturated carbocycles. The fraction of sp³-hybridized carbons (Fsp3) is 0.833. The van der Waals surface area contributed by atoms with Crippen LogP contribution in [-0.2, 0) is 14.3 Å². The van der Waals surface area contributed by atoms with Gasteiger partial charge in [0.15, 0.2) is 0 Å². The molecule has 0 aromatic carbocycles. The number of ether oxygens (including phenoxy) is 2. The van der Waals surface area contributed by atoms with E-state index < -0.39 is 11.7 Å². The van der Waals surface area contributed by atoms with Gasteiger partial charge in [-0.25, -0.2) is 4.79 Å². The highest BCUT2D eigenvalue weighted by Crippen LogP contribution is 2.34. The summed E-state index contributed by atoms with van der Waals surface area (Å²) in [5.74, 6) is 0.0691. The first-order valence-electron chi connectivity index (χ1n) is 5.88. The van der Waals surface area contributed by atoms with Crippen molar-refractivity contribution >= 4 is 12.1 Å². The minimum absolute atomic E-state index is 0.169. The average Bonchev–Trinajstić information content (AvgIpc) is 2.96. The van der Waals surface area contributed by atoms with Crippen LogP contribution in [0.15, 0.2) is 0 Å². The molecule has 5 nitrogen and oxygen atoms in total. The summed E-state index contributed by atoms with van der Waals surface area (Å²) >= 11 is 0. The molecule has 17 heavy (non-hydrogen) atoms. The van der Waals surface area contributed by atoms with Crippen LogP contribution in [0.5, 0.6) is 0 Å². The van der Waals surface area contributed by atoms with Crippen molar-refractivity contribution < 1.29 is 19.1 Å². The largest absolute Gasteiger partial charge is 0.469 e. The van der Waals surface area contributed by atoms with Crippen molar-refractivity contribution in [1.29, 1.82) is 0 Å². The zero-order chi connectivity index (χ0) is 13.1. The Labute approximate surface area is 102 Å². The Morgan fingerprint density at radius 3 is 2.35 bits per heavy atom. The second kappa shape index (κ2) is 5.38. The predicted molar refractivity (Wildman–Crippen MR) is 62.5 cm³/mol. The molecule has 0 spiro atoms. The Morgan fingerprint density at radius 1 is 1.35 bits per heavy atom. The lowest BCUT2D eigenvalue weighted by Crippen LogP contribution is -2.41. The Bertz CT molecular complexity index is 291. The summed E-state index contributed by atoms with van der Waals surface area (Å²) in [7, 11) is 1.35. The van der Waals surface area contributed by atoms with Crippen LogP contribution in [0, 0.1) is 5.92 Å². The van der Waals surface area contributed by atoms with E-state index >= 15 is 0 Å². The minimum atomic E-state index is -0.524. The van der Waals surface area contributed by atoms with E-state index in [1.54, 1.807) is 20.8 Å². The summed E-state index contributed by atoms with van der Waals surface area (Å²) < 4.78 is 9.77. The van der Waals surface area contributed by atoms with Crippen LogP contribution in [0.1, 0.15) is 40.0 Å². The molecule has 1 rings (SSSR count). The van der Waals surface area contributed by atoms with Crippen molar-refractivity contribution in [2.75, 3.05) is 7.11 Å². The van der Waals surface area contributed by atoms with Gasteiger partial charge in [0.1, 0.15) is 5.60 Å². The molecular weight excluding hydrogens is 222 g/mol. The third-order valence-electron chi connectivity index (χ3n) is 2.51. The molecule has 1 aliphatic carbocycles. The zero-order valence-corrected chi connectivity index (χ0v) is 10.9. The molecular formula is C12H21NO4. The Morgan fingerprint density at radius 2 is 1.94 bits per heavy atom. The molecule has 0 radical (unpaired) electrons. The van der Waals surface area contributed by atoms with Gasteiger partial charge >= 0.3 is 12.1 Å². The fourth-order valence-corrected chi connectivity index (χ4v) is 1.56. The van der Waals surface area contributed by atoms with E-state index in [-0.39, 0.29) is 18.4 Å². The second-order valence-corrected chi connectivity index (χ2v) is 5.37. The summed E-state index contributed by atoms with van der Waals surface area (Å²) in [6, 6.07) is -0.169. The standard InChI is InChI=1S/C12H21NO4/c1-12(2,3)17-11(15)13-9(8-5-6-8)7-10(14)16-4/h8-9H,5-7H2,1-4H3,(H,13,15)/t9-/m0/s1. The molecule has 0 heterocycles. The number of alkyl carbamates (subject to hydrolysis) is 1. The Hall–Kier alpha value is -1.26. The van der Waals surface area contributed by atoms with Gasteiger partial charge in [-0.1, -0.05) is 0 Å². The maximum atomic E-state index is 11.6. The quantitative estimate of drug-likeness (QED) is 0.765. The van der Waals surface area contributed by atoms with Gasteiger partial charge in [-0.05, 0) is 39.5 Å². The first-order valence-corrected chi connectivity index (χ1v) is 5.88. The molecule has 5 heteroatoms. The first kappa shape index (κ1) is 13.8. The second-order valence-electron chi connectivity index (χ2n) is 5.37. The van der Waals surface area contributed by atoms with Gasteiger partial charge in [0.2, 0.25) is 0 Å². The normalized spacial score (nSPS) is 17.2. The molecule has 1 aliphatic rings. The molecule has 0 bridgehead atoms. The maximum absolute atomic E-state index is 11.6. The van der Waals surface area contributed by atoms with E-state index in [1.165, 1.54) is 7.11 Å². The van der Waals surface area contributed by atoms with Crippen LogP contribution >= 0.6 is 0 Å². The number of carbonyl (C=O) groups excluding carboxylic acids is 2. The molecule has 0 saturated heterocycles. The third-order valence-corrected chi connectivity index (χ3v) is 2.51. The van der Waals surface area contributed by atoms with Gasteiger partial charge in [-0.15, -0.1) is 0 Å². The molecule has 98 valence electrons. The molecule has 1 atom stereocenters. The highest BCUT2D eigenvalue weighted by atomic mass is 16.6. The summed E-state index contributed by atoms with van der Waals surface area (Å²) in [6.45, 7) is 5.41. The van der Waals surface area contributed by atoms with E-state index in [0.29, 0.717) is 5.92 Å². The lowest BCUT2D eigenvalue weighted by Gasteiger charge is -2.23. The van der Waals surface area contributed by atoms with Crippen molar-refractivity contribution in [3.8, 4) is 0 Å². The van der Waals surface area contributed by atoms with Crippen LogP contribution in [-0.4, -0.2) is 30.8 Å². The minimum Gasteiger partial charge on any atom is -0.469 e. The monoisotopic (exact) mass is 243 g/mol. The van der Waals surface area contributed by atoms with Crippen molar-refractivity contribution in [1.82, 2.24) is 5.32 Å². The van der Waals surface area contributed by atoms with Crippen molar-refractivity contribution in [2.24, 2.45) is 5.92 Å².